The van der Waals surface area contributed by atoms with Crippen LogP contribution in [0.15, 0.2) is 42.5 Å². The average molecular weight is 455 g/mol. The molecule has 1 heterocycles. The number of hydrogen-bond acceptors (Lipinski definition) is 6. The number of hydrogen-bond donors (Lipinski definition) is 1. The van der Waals surface area contributed by atoms with E-state index in [4.69, 9.17) is 14.2 Å². The number of anilines is 1. The fourth-order valence-corrected chi connectivity index (χ4v) is 3.52. The molecule has 1 fully saturated rings. The Morgan fingerprint density at radius 2 is 1.55 bits per heavy atom. The van der Waals surface area contributed by atoms with Gasteiger partial charge in [-0.3, -0.25) is 9.59 Å². The van der Waals surface area contributed by atoms with Crippen LogP contribution < -0.4 is 14.8 Å². The van der Waals surface area contributed by atoms with Gasteiger partial charge in [0.25, 0.3) is 11.8 Å². The van der Waals surface area contributed by atoms with E-state index < -0.39 is 5.97 Å². The molecule has 2 amide bonds. The maximum atomic E-state index is 12.7. The van der Waals surface area contributed by atoms with Crippen LogP contribution >= 0.6 is 0 Å². The van der Waals surface area contributed by atoms with Crippen molar-refractivity contribution in [2.45, 2.75) is 33.1 Å². The highest BCUT2D eigenvalue weighted by molar-refractivity contribution is 6.05. The van der Waals surface area contributed by atoms with Gasteiger partial charge in [-0.25, -0.2) is 4.79 Å². The minimum Gasteiger partial charge on any atom is -0.490 e. The molecule has 0 spiro atoms. The lowest BCUT2D eigenvalue weighted by atomic mass is 10.1. The van der Waals surface area contributed by atoms with Gasteiger partial charge in [-0.2, -0.15) is 0 Å². The number of benzene rings is 2. The summed E-state index contributed by atoms with van der Waals surface area (Å²) in [6.07, 6.45) is 3.19. The van der Waals surface area contributed by atoms with Crippen LogP contribution in [0, 0.1) is 0 Å². The van der Waals surface area contributed by atoms with E-state index in [2.05, 4.69) is 5.32 Å². The number of carbonyl (C=O) groups is 3. The van der Waals surface area contributed by atoms with Crippen molar-refractivity contribution in [1.29, 1.82) is 0 Å². The summed E-state index contributed by atoms with van der Waals surface area (Å²) < 4.78 is 16.3. The molecule has 1 saturated heterocycles. The molecule has 2 aromatic carbocycles. The first-order valence-electron chi connectivity index (χ1n) is 11.3. The Labute approximate surface area is 193 Å². The Bertz CT molecular complexity index is 967. The van der Waals surface area contributed by atoms with Gasteiger partial charge in [0.1, 0.15) is 0 Å². The van der Waals surface area contributed by atoms with Gasteiger partial charge >= 0.3 is 5.97 Å². The summed E-state index contributed by atoms with van der Waals surface area (Å²) >= 11 is 0. The number of piperidine rings is 1. The predicted molar refractivity (Wildman–Crippen MR) is 124 cm³/mol. The zero-order valence-electron chi connectivity index (χ0n) is 19.1. The number of carbonyl (C=O) groups excluding carboxylic acids is 3. The fraction of sp³-hybridized carbons (Fsp3) is 0.400. The molecule has 8 heteroatoms. The molecule has 1 aliphatic heterocycles. The van der Waals surface area contributed by atoms with Crippen LogP contribution in [0.25, 0.3) is 0 Å². The lowest BCUT2D eigenvalue weighted by molar-refractivity contribution is -0.134. The summed E-state index contributed by atoms with van der Waals surface area (Å²) in [5.74, 6) is 0.0129. The van der Waals surface area contributed by atoms with Crippen LogP contribution in [0.3, 0.4) is 0 Å². The summed E-state index contributed by atoms with van der Waals surface area (Å²) in [5.41, 5.74) is 1.33. The van der Waals surface area contributed by atoms with Crippen molar-refractivity contribution in [2.24, 2.45) is 0 Å². The molecule has 3 rings (SSSR count). The second kappa shape index (κ2) is 11.9. The lowest BCUT2D eigenvalue weighted by Gasteiger charge is -2.26. The van der Waals surface area contributed by atoms with E-state index in [9.17, 15) is 14.4 Å². The first-order valence-corrected chi connectivity index (χ1v) is 11.3. The van der Waals surface area contributed by atoms with E-state index in [0.29, 0.717) is 41.5 Å². The smallest absolute Gasteiger partial charge is 0.338 e. The van der Waals surface area contributed by atoms with Crippen molar-refractivity contribution in [2.75, 3.05) is 38.2 Å². The number of amides is 2. The summed E-state index contributed by atoms with van der Waals surface area (Å²) in [6, 6.07) is 11.3. The largest absolute Gasteiger partial charge is 0.490 e. The number of esters is 1. The zero-order chi connectivity index (χ0) is 23.6. The molecule has 176 valence electrons. The van der Waals surface area contributed by atoms with Crippen molar-refractivity contribution in [3.05, 3.63) is 53.6 Å². The van der Waals surface area contributed by atoms with Crippen molar-refractivity contribution < 1.29 is 28.6 Å². The van der Waals surface area contributed by atoms with E-state index in [-0.39, 0.29) is 18.4 Å². The average Bonchev–Trinajstić information content (AvgIpc) is 2.84. The van der Waals surface area contributed by atoms with Crippen molar-refractivity contribution >= 4 is 23.5 Å². The van der Waals surface area contributed by atoms with Crippen LogP contribution in [0.5, 0.6) is 11.5 Å². The third-order valence-electron chi connectivity index (χ3n) is 5.22. The van der Waals surface area contributed by atoms with Gasteiger partial charge in [0.2, 0.25) is 0 Å². The molecule has 0 aromatic heterocycles. The summed E-state index contributed by atoms with van der Waals surface area (Å²) in [6.45, 7) is 5.72. The highest BCUT2D eigenvalue weighted by Gasteiger charge is 2.18. The molecule has 0 radical (unpaired) electrons. The molecule has 0 saturated carbocycles. The summed E-state index contributed by atoms with van der Waals surface area (Å²) in [4.78, 5) is 38.7. The Kier molecular flexibility index (Phi) is 8.69. The van der Waals surface area contributed by atoms with Gasteiger partial charge in [-0.1, -0.05) is 0 Å². The first-order chi connectivity index (χ1) is 16.0. The van der Waals surface area contributed by atoms with Crippen molar-refractivity contribution in [3.63, 3.8) is 0 Å². The standard InChI is InChI=1S/C25H30N2O6/c1-3-31-22-16-19(10-13-21(22)33-17-23(28)27-14-6-5-7-15-27)24(29)26-20-11-8-18(9-12-20)25(30)32-4-2/h8-13,16H,3-7,14-15,17H2,1-2H3,(H,26,29). The van der Waals surface area contributed by atoms with Crippen molar-refractivity contribution in [3.8, 4) is 11.5 Å². The number of likely N-dealkylation sites (tertiary alicyclic amines) is 1. The highest BCUT2D eigenvalue weighted by Crippen LogP contribution is 2.29. The topological polar surface area (TPSA) is 94.2 Å². The summed E-state index contributed by atoms with van der Waals surface area (Å²) in [5, 5.41) is 2.79. The molecular weight excluding hydrogens is 424 g/mol. The first kappa shape index (κ1) is 24.1. The fourth-order valence-electron chi connectivity index (χ4n) is 3.52. The molecule has 0 aliphatic carbocycles. The number of rotatable bonds is 9. The maximum Gasteiger partial charge on any atom is 0.338 e. The molecule has 1 N–H and O–H groups in total. The molecule has 8 nitrogen and oxygen atoms in total. The lowest BCUT2D eigenvalue weighted by Crippen LogP contribution is -2.38. The Morgan fingerprint density at radius 3 is 2.21 bits per heavy atom. The normalized spacial score (nSPS) is 13.2. The zero-order valence-corrected chi connectivity index (χ0v) is 19.1. The number of ether oxygens (including phenoxy) is 3. The van der Waals surface area contributed by atoms with Crippen LogP contribution in [0.2, 0.25) is 0 Å². The molecule has 0 bridgehead atoms. The van der Waals surface area contributed by atoms with E-state index in [0.717, 1.165) is 32.4 Å². The van der Waals surface area contributed by atoms with Gasteiger partial charge in [0, 0.05) is 24.3 Å². The van der Waals surface area contributed by atoms with Crippen LogP contribution in [-0.2, 0) is 9.53 Å². The number of nitrogens with one attached hydrogen (secondary N) is 1. The third kappa shape index (κ3) is 6.71. The molecule has 33 heavy (non-hydrogen) atoms. The molecular formula is C25H30N2O6. The third-order valence-corrected chi connectivity index (χ3v) is 5.22. The summed E-state index contributed by atoms with van der Waals surface area (Å²) in [7, 11) is 0. The van der Waals surface area contributed by atoms with Crippen molar-refractivity contribution in [1.82, 2.24) is 4.90 Å². The van der Waals surface area contributed by atoms with Gasteiger partial charge < -0.3 is 24.4 Å². The Hall–Kier alpha value is -3.55. The van der Waals surface area contributed by atoms with Gasteiger partial charge in [-0.15, -0.1) is 0 Å². The van der Waals surface area contributed by atoms with E-state index in [1.54, 1.807) is 49.4 Å². The quantitative estimate of drug-likeness (QED) is 0.578. The highest BCUT2D eigenvalue weighted by atomic mass is 16.5. The van der Waals surface area contributed by atoms with Crippen LogP contribution in [0.1, 0.15) is 53.8 Å². The number of nitrogens with zero attached hydrogens (tertiary/aromatic N) is 1. The minimum absolute atomic E-state index is 0.0507. The molecule has 1 aliphatic rings. The van der Waals surface area contributed by atoms with E-state index in [1.165, 1.54) is 0 Å². The van der Waals surface area contributed by atoms with E-state index >= 15 is 0 Å². The Morgan fingerprint density at radius 1 is 0.848 bits per heavy atom. The second-order valence-corrected chi connectivity index (χ2v) is 7.58. The monoisotopic (exact) mass is 454 g/mol. The van der Waals surface area contributed by atoms with Crippen LogP contribution in [0.4, 0.5) is 5.69 Å². The van der Waals surface area contributed by atoms with Crippen LogP contribution in [-0.4, -0.2) is 55.6 Å². The molecule has 0 unspecified atom stereocenters. The Balaban J connectivity index is 1.64. The SMILES string of the molecule is CCOC(=O)c1ccc(NC(=O)c2ccc(OCC(=O)N3CCCCC3)c(OCC)c2)cc1. The van der Waals surface area contributed by atoms with E-state index in [1.807, 2.05) is 11.8 Å². The second-order valence-electron chi connectivity index (χ2n) is 7.58. The molecule has 0 atom stereocenters. The van der Waals surface area contributed by atoms with Gasteiger partial charge in [0.05, 0.1) is 18.8 Å². The molecule has 2 aromatic rings. The maximum absolute atomic E-state index is 12.7. The van der Waals surface area contributed by atoms with Gasteiger partial charge in [0.15, 0.2) is 18.1 Å². The predicted octanol–water partition coefficient (Wildman–Crippen LogP) is 3.91. The minimum atomic E-state index is -0.411. The van der Waals surface area contributed by atoms with Gasteiger partial charge in [-0.05, 0) is 75.6 Å².